The molecule has 5 rings (SSSR count). The molecular formula is C28H23NO7. The van der Waals surface area contributed by atoms with Crippen molar-refractivity contribution >= 4 is 34.0 Å². The van der Waals surface area contributed by atoms with E-state index in [9.17, 15) is 29.4 Å². The zero-order valence-electron chi connectivity index (χ0n) is 19.8. The van der Waals surface area contributed by atoms with E-state index in [2.05, 4.69) is 5.32 Å². The van der Waals surface area contributed by atoms with Gasteiger partial charge in [-0.15, -0.1) is 0 Å². The first kappa shape index (κ1) is 23.3. The second kappa shape index (κ2) is 8.05. The SMILES string of the molecule is CC(=O)C1C(=O)C=C2Oc3c(C(=O)NCc4c(C)ccc5ccccc45)c(O)cc(O)c3[C@]2(C)C1=O. The Morgan fingerprint density at radius 1 is 1.08 bits per heavy atom. The Hall–Kier alpha value is -4.46. The highest BCUT2D eigenvalue weighted by Crippen LogP contribution is 2.56. The third-order valence-electron chi connectivity index (χ3n) is 7.09. The Morgan fingerprint density at radius 3 is 2.53 bits per heavy atom. The molecule has 3 N–H and O–H groups in total. The number of Topliss-reactive ketones (excluding diaryl/α,β-unsaturated/α-hetero) is 2. The average Bonchev–Trinajstić information content (AvgIpc) is 3.11. The van der Waals surface area contributed by atoms with Crippen molar-refractivity contribution in [2.75, 3.05) is 0 Å². The lowest BCUT2D eigenvalue weighted by atomic mass is 9.67. The number of rotatable bonds is 4. The van der Waals surface area contributed by atoms with Crippen LogP contribution in [0.4, 0.5) is 0 Å². The highest BCUT2D eigenvalue weighted by atomic mass is 16.5. The van der Waals surface area contributed by atoms with Crippen LogP contribution in [0.15, 0.2) is 54.3 Å². The van der Waals surface area contributed by atoms with Crippen LogP contribution in [0.1, 0.15) is 40.9 Å². The largest absolute Gasteiger partial charge is 0.507 e. The van der Waals surface area contributed by atoms with Gasteiger partial charge in [0.05, 0.1) is 5.56 Å². The van der Waals surface area contributed by atoms with E-state index in [0.717, 1.165) is 41.0 Å². The van der Waals surface area contributed by atoms with Gasteiger partial charge < -0.3 is 20.3 Å². The topological polar surface area (TPSA) is 130 Å². The minimum atomic E-state index is -1.67. The summed E-state index contributed by atoms with van der Waals surface area (Å²) in [6.07, 6.45) is 1.05. The monoisotopic (exact) mass is 485 g/mol. The summed E-state index contributed by atoms with van der Waals surface area (Å²) >= 11 is 0. The van der Waals surface area contributed by atoms with Crippen LogP contribution in [-0.2, 0) is 26.3 Å². The number of ether oxygens (including phenoxy) is 1. The second-order valence-electron chi connectivity index (χ2n) is 9.30. The number of ketones is 3. The maximum absolute atomic E-state index is 13.3. The molecule has 0 saturated carbocycles. The summed E-state index contributed by atoms with van der Waals surface area (Å²) in [5, 5.41) is 26.0. The van der Waals surface area contributed by atoms with Crippen LogP contribution in [0, 0.1) is 12.8 Å². The Morgan fingerprint density at radius 2 is 1.81 bits per heavy atom. The Kier molecular flexibility index (Phi) is 5.21. The summed E-state index contributed by atoms with van der Waals surface area (Å²) in [7, 11) is 0. The van der Waals surface area contributed by atoms with Crippen LogP contribution in [0.2, 0.25) is 0 Å². The maximum Gasteiger partial charge on any atom is 0.259 e. The number of carbonyl (C=O) groups is 4. The fraction of sp³-hybridized carbons (Fsp3) is 0.214. The zero-order chi connectivity index (χ0) is 25.9. The molecule has 8 heteroatoms. The first-order chi connectivity index (χ1) is 17.1. The zero-order valence-corrected chi connectivity index (χ0v) is 19.8. The Labute approximate surface area is 206 Å². The van der Waals surface area contributed by atoms with Gasteiger partial charge in [-0.2, -0.15) is 0 Å². The summed E-state index contributed by atoms with van der Waals surface area (Å²) < 4.78 is 5.77. The minimum absolute atomic E-state index is 0.0678. The molecule has 0 saturated heterocycles. The number of allylic oxidation sites excluding steroid dienone is 2. The molecule has 0 radical (unpaired) electrons. The standard InChI is InChI=1S/C28H23NO7/c1-13-8-9-15-6-4-5-7-16(15)17(13)12-29-27(35)23-18(31)10-20(33)24-25(23)36-21-11-19(32)22(14(2)30)26(34)28(21,24)3/h4-11,22,31,33H,12H2,1-3H3,(H,29,35)/t22?,28-/m1/s1. The molecule has 0 bridgehead atoms. The van der Waals surface area contributed by atoms with Crippen molar-refractivity contribution in [1.82, 2.24) is 5.32 Å². The molecule has 2 atom stereocenters. The van der Waals surface area contributed by atoms with E-state index >= 15 is 0 Å². The number of hydrogen-bond donors (Lipinski definition) is 3. The first-order valence-electron chi connectivity index (χ1n) is 11.4. The molecule has 1 heterocycles. The van der Waals surface area contributed by atoms with Gasteiger partial charge in [0.25, 0.3) is 5.91 Å². The van der Waals surface area contributed by atoms with Crippen LogP contribution in [0.25, 0.3) is 10.8 Å². The van der Waals surface area contributed by atoms with E-state index in [1.54, 1.807) is 0 Å². The van der Waals surface area contributed by atoms with Crippen molar-refractivity contribution < 1.29 is 34.1 Å². The predicted octanol–water partition coefficient (Wildman–Crippen LogP) is 3.38. The van der Waals surface area contributed by atoms with E-state index < -0.39 is 46.1 Å². The van der Waals surface area contributed by atoms with E-state index in [-0.39, 0.29) is 29.2 Å². The third-order valence-corrected chi connectivity index (χ3v) is 7.09. The summed E-state index contributed by atoms with van der Waals surface area (Å²) in [5.41, 5.74) is -0.156. The maximum atomic E-state index is 13.3. The molecule has 1 amide bonds. The first-order valence-corrected chi connectivity index (χ1v) is 11.4. The lowest BCUT2D eigenvalue weighted by Gasteiger charge is -2.30. The number of phenols is 2. The van der Waals surface area contributed by atoms with Crippen molar-refractivity contribution in [3.63, 3.8) is 0 Å². The van der Waals surface area contributed by atoms with E-state index in [1.165, 1.54) is 6.92 Å². The van der Waals surface area contributed by atoms with Gasteiger partial charge in [-0.05, 0) is 42.7 Å². The van der Waals surface area contributed by atoms with Gasteiger partial charge in [0.15, 0.2) is 17.3 Å². The number of hydrogen-bond acceptors (Lipinski definition) is 7. The van der Waals surface area contributed by atoms with Gasteiger partial charge in [0.1, 0.15) is 39.9 Å². The smallest absolute Gasteiger partial charge is 0.259 e. The fourth-order valence-electron chi connectivity index (χ4n) is 5.14. The molecule has 182 valence electrons. The molecule has 3 aromatic carbocycles. The summed E-state index contributed by atoms with van der Waals surface area (Å²) in [4.78, 5) is 51.1. The fourth-order valence-corrected chi connectivity index (χ4v) is 5.14. The molecule has 2 aliphatic rings. The van der Waals surface area contributed by atoms with Gasteiger partial charge in [0, 0.05) is 18.7 Å². The van der Waals surface area contributed by atoms with Crippen LogP contribution in [0.3, 0.4) is 0 Å². The molecule has 1 unspecified atom stereocenters. The highest BCUT2D eigenvalue weighted by molar-refractivity contribution is 6.27. The van der Waals surface area contributed by atoms with Gasteiger partial charge >= 0.3 is 0 Å². The predicted molar refractivity (Wildman–Crippen MR) is 130 cm³/mol. The average molecular weight is 485 g/mol. The van der Waals surface area contributed by atoms with Gasteiger partial charge in [-0.25, -0.2) is 0 Å². The second-order valence-corrected chi connectivity index (χ2v) is 9.30. The Balaban J connectivity index is 1.56. The van der Waals surface area contributed by atoms with Crippen LogP contribution in [0.5, 0.6) is 17.2 Å². The number of aryl methyl sites for hydroxylation is 1. The van der Waals surface area contributed by atoms with Crippen LogP contribution in [-0.4, -0.2) is 33.5 Å². The van der Waals surface area contributed by atoms with Crippen molar-refractivity contribution in [3.05, 3.63) is 76.6 Å². The van der Waals surface area contributed by atoms with Crippen LogP contribution < -0.4 is 10.1 Å². The van der Waals surface area contributed by atoms with Crippen LogP contribution >= 0.6 is 0 Å². The normalized spacial score (nSPS) is 20.4. The van der Waals surface area contributed by atoms with Crippen molar-refractivity contribution in [2.24, 2.45) is 5.92 Å². The van der Waals surface area contributed by atoms with Gasteiger partial charge in [-0.1, -0.05) is 36.4 Å². The van der Waals surface area contributed by atoms with E-state index in [0.29, 0.717) is 0 Å². The number of fused-ring (bicyclic) bond motifs is 4. The number of phenolic OH excluding ortho intramolecular Hbond substituents is 2. The Bertz CT molecular complexity index is 1550. The van der Waals surface area contributed by atoms with E-state index in [1.807, 2.05) is 43.3 Å². The van der Waals surface area contributed by atoms with Crippen molar-refractivity contribution in [2.45, 2.75) is 32.7 Å². The molecule has 36 heavy (non-hydrogen) atoms. The molecule has 0 spiro atoms. The summed E-state index contributed by atoms with van der Waals surface area (Å²) in [6.45, 7) is 4.64. The number of amides is 1. The lowest BCUT2D eigenvalue weighted by Crippen LogP contribution is -2.47. The highest BCUT2D eigenvalue weighted by Gasteiger charge is 2.58. The molecule has 3 aromatic rings. The third kappa shape index (κ3) is 3.21. The molecule has 0 aromatic heterocycles. The quantitative estimate of drug-likeness (QED) is 0.483. The molecule has 1 aliphatic heterocycles. The minimum Gasteiger partial charge on any atom is -0.507 e. The lowest BCUT2D eigenvalue weighted by molar-refractivity contribution is -0.140. The van der Waals surface area contributed by atoms with Gasteiger partial charge in [-0.3, -0.25) is 19.2 Å². The van der Waals surface area contributed by atoms with Crippen molar-refractivity contribution in [1.29, 1.82) is 0 Å². The molecular weight excluding hydrogens is 462 g/mol. The summed E-state index contributed by atoms with van der Waals surface area (Å²) in [6, 6.07) is 12.7. The molecule has 1 aliphatic carbocycles. The number of nitrogens with one attached hydrogen (secondary N) is 1. The summed E-state index contributed by atoms with van der Waals surface area (Å²) in [5.74, 6) is -5.71. The number of aromatic hydroxyl groups is 2. The number of carbonyl (C=O) groups excluding carboxylic acids is 4. The van der Waals surface area contributed by atoms with E-state index in [4.69, 9.17) is 4.74 Å². The van der Waals surface area contributed by atoms with Crippen molar-refractivity contribution in [3.8, 4) is 17.2 Å². The number of benzene rings is 3. The molecule has 0 fully saturated rings. The molecule has 8 nitrogen and oxygen atoms in total. The van der Waals surface area contributed by atoms with Gasteiger partial charge in [0.2, 0.25) is 0 Å².